The number of piperazine rings is 1. The molecule has 220 valence electrons. The minimum atomic E-state index is -1.59. The molecule has 0 saturated carbocycles. The second-order valence-electron chi connectivity index (χ2n) is 10.2. The molecule has 1 saturated heterocycles. The van der Waals surface area contributed by atoms with E-state index in [1.54, 1.807) is 6.92 Å². The number of aromatic carboxylic acids is 1. The Balaban J connectivity index is 1.32. The van der Waals surface area contributed by atoms with Gasteiger partial charge in [-0.25, -0.2) is 9.00 Å². The van der Waals surface area contributed by atoms with Crippen molar-refractivity contribution in [2.75, 3.05) is 35.4 Å². The van der Waals surface area contributed by atoms with Crippen LogP contribution in [0.4, 0.5) is 11.4 Å². The summed E-state index contributed by atoms with van der Waals surface area (Å²) in [6, 6.07) is 25.4. The molecule has 1 amide bonds. The highest BCUT2D eigenvalue weighted by atomic mass is 79.9. The minimum Gasteiger partial charge on any atom is -0.477 e. The molecule has 1 unspecified atom stereocenters. The van der Waals surface area contributed by atoms with Crippen molar-refractivity contribution in [1.29, 1.82) is 0 Å². The Morgan fingerprint density at radius 1 is 0.953 bits per heavy atom. The maximum absolute atomic E-state index is 14.4. The molecule has 2 aromatic heterocycles. The van der Waals surface area contributed by atoms with Crippen molar-refractivity contribution >= 4 is 82.9 Å². The quantitative estimate of drug-likeness (QED) is 0.183. The summed E-state index contributed by atoms with van der Waals surface area (Å²) >= 11 is 6.16. The first-order chi connectivity index (χ1) is 20.8. The molecule has 0 bridgehead atoms. The summed E-state index contributed by atoms with van der Waals surface area (Å²) in [6.07, 6.45) is 0. The van der Waals surface area contributed by atoms with Gasteiger partial charge in [0.2, 0.25) is 0 Å². The van der Waals surface area contributed by atoms with Crippen molar-refractivity contribution < 1.29 is 18.9 Å². The molecule has 3 aromatic carbocycles. The topological polar surface area (TPSA) is 81.2 Å². The van der Waals surface area contributed by atoms with Gasteiger partial charge in [0.1, 0.15) is 9.75 Å². The molecule has 0 spiro atoms. The molecule has 1 atom stereocenters. The largest absolute Gasteiger partial charge is 0.477 e. The number of nitrogens with zero attached hydrogens (tertiary/aromatic N) is 3. The van der Waals surface area contributed by atoms with Gasteiger partial charge in [-0.3, -0.25) is 9.10 Å². The average molecular weight is 695 g/mol. The number of fused-ring (bicyclic) bond motifs is 1. The lowest BCUT2D eigenvalue weighted by molar-refractivity contribution is 0.0700. The van der Waals surface area contributed by atoms with E-state index in [0.29, 0.717) is 52.9 Å². The maximum atomic E-state index is 14.4. The number of anilines is 2. The Labute approximate surface area is 268 Å². The molecule has 43 heavy (non-hydrogen) atoms. The number of hydrogen-bond donors (Lipinski definition) is 1. The van der Waals surface area contributed by atoms with E-state index in [1.807, 2.05) is 93.4 Å². The maximum Gasteiger partial charge on any atom is 0.346 e. The second-order valence-corrected chi connectivity index (χ2v) is 14.4. The fraction of sp³-hybridized carbons (Fsp3) is 0.188. The van der Waals surface area contributed by atoms with Crippen LogP contribution < -0.4 is 9.21 Å². The van der Waals surface area contributed by atoms with Gasteiger partial charge in [0.25, 0.3) is 5.91 Å². The lowest BCUT2D eigenvalue weighted by Gasteiger charge is -2.38. The Bertz CT molecular complexity index is 1830. The summed E-state index contributed by atoms with van der Waals surface area (Å²) in [5, 5.41) is 12.3. The minimum absolute atomic E-state index is 0.0341. The van der Waals surface area contributed by atoms with Gasteiger partial charge < -0.3 is 14.9 Å². The number of aryl methyl sites for hydroxylation is 1. The van der Waals surface area contributed by atoms with Crippen LogP contribution in [0.3, 0.4) is 0 Å². The predicted octanol–water partition coefficient (Wildman–Crippen LogP) is 7.42. The predicted molar refractivity (Wildman–Crippen MR) is 179 cm³/mol. The molecule has 0 aliphatic carbocycles. The molecule has 6 rings (SSSR count). The number of carbonyl (C=O) groups is 2. The Morgan fingerprint density at radius 2 is 1.67 bits per heavy atom. The molecule has 11 heteroatoms. The van der Waals surface area contributed by atoms with Crippen molar-refractivity contribution in [3.8, 4) is 0 Å². The third kappa shape index (κ3) is 5.99. The zero-order valence-electron chi connectivity index (χ0n) is 23.2. The number of thiophene rings is 2. The van der Waals surface area contributed by atoms with Crippen LogP contribution in [0.1, 0.15) is 30.5 Å². The van der Waals surface area contributed by atoms with Crippen LogP contribution in [0.2, 0.25) is 0 Å². The molecule has 0 radical (unpaired) electrons. The number of halogens is 1. The van der Waals surface area contributed by atoms with Gasteiger partial charge in [-0.2, -0.15) is 0 Å². The Kier molecular flexibility index (Phi) is 8.67. The molecule has 1 fully saturated rings. The zero-order valence-corrected chi connectivity index (χ0v) is 27.3. The highest BCUT2D eigenvalue weighted by Crippen LogP contribution is 2.37. The first kappa shape index (κ1) is 29.6. The number of benzene rings is 3. The monoisotopic (exact) mass is 693 g/mol. The van der Waals surface area contributed by atoms with E-state index in [2.05, 4.69) is 20.8 Å². The lowest BCUT2D eigenvalue weighted by Crippen LogP contribution is -2.49. The Morgan fingerprint density at radius 3 is 2.37 bits per heavy atom. The fourth-order valence-electron chi connectivity index (χ4n) is 5.31. The van der Waals surface area contributed by atoms with Gasteiger partial charge >= 0.3 is 5.97 Å². The van der Waals surface area contributed by atoms with Crippen LogP contribution in [-0.2, 0) is 17.5 Å². The molecule has 5 aromatic rings. The summed E-state index contributed by atoms with van der Waals surface area (Å²) in [5.41, 5.74) is 3.49. The van der Waals surface area contributed by atoms with E-state index in [0.717, 1.165) is 31.5 Å². The SMILES string of the molecule is Cc1c(C(=O)O)sc2ccc(S(=O)N(Cc3ccccc3)c3ccccc3N3CCN(C(=O)c4sccc4Br)CC3)cc12. The van der Waals surface area contributed by atoms with Crippen molar-refractivity contribution in [1.82, 2.24) is 4.90 Å². The van der Waals surface area contributed by atoms with E-state index < -0.39 is 17.0 Å². The van der Waals surface area contributed by atoms with Crippen LogP contribution >= 0.6 is 38.6 Å². The fourth-order valence-corrected chi connectivity index (χ4v) is 9.10. The number of para-hydroxylation sites is 2. The second kappa shape index (κ2) is 12.6. The van der Waals surface area contributed by atoms with Gasteiger partial charge in [0.05, 0.1) is 22.8 Å². The standard InChI is InChI=1S/C32H28BrN3O4S3/c1-21-24-19-23(11-12-28(24)42-29(21)32(38)39)43(40)36(20-22-7-3-2-4-8-22)27-10-6-5-9-26(27)34-14-16-35(17-15-34)31(37)30-25(33)13-18-41-30/h2-13,18-19H,14-17,20H2,1H3,(H,38,39). The first-order valence-corrected chi connectivity index (χ1v) is 17.3. The number of carbonyl (C=O) groups excluding carboxylic acids is 1. The third-order valence-electron chi connectivity index (χ3n) is 7.54. The van der Waals surface area contributed by atoms with Gasteiger partial charge in [-0.05, 0) is 81.1 Å². The number of rotatable bonds is 8. The van der Waals surface area contributed by atoms with E-state index in [1.165, 1.54) is 22.7 Å². The van der Waals surface area contributed by atoms with E-state index in [9.17, 15) is 18.9 Å². The lowest BCUT2D eigenvalue weighted by atomic mass is 10.1. The highest BCUT2D eigenvalue weighted by Gasteiger charge is 2.28. The summed E-state index contributed by atoms with van der Waals surface area (Å²) in [5.74, 6) is -0.919. The van der Waals surface area contributed by atoms with E-state index in [-0.39, 0.29) is 5.91 Å². The van der Waals surface area contributed by atoms with Crippen LogP contribution in [-0.4, -0.2) is 52.3 Å². The van der Waals surface area contributed by atoms with Gasteiger partial charge in [0, 0.05) is 35.4 Å². The molecular weight excluding hydrogens is 666 g/mol. The van der Waals surface area contributed by atoms with Crippen LogP contribution in [0, 0.1) is 6.92 Å². The van der Waals surface area contributed by atoms with E-state index in [4.69, 9.17) is 0 Å². The Hall–Kier alpha value is -3.51. The van der Waals surface area contributed by atoms with E-state index >= 15 is 0 Å². The molecule has 1 N–H and O–H groups in total. The molecule has 7 nitrogen and oxygen atoms in total. The average Bonchev–Trinajstić information content (AvgIpc) is 3.62. The van der Waals surface area contributed by atoms with Crippen LogP contribution in [0.15, 0.2) is 93.6 Å². The van der Waals surface area contributed by atoms with Crippen molar-refractivity contribution in [3.05, 3.63) is 110 Å². The summed E-state index contributed by atoms with van der Waals surface area (Å²) in [7, 11) is -1.59. The third-order valence-corrected chi connectivity index (χ3v) is 12.0. The smallest absolute Gasteiger partial charge is 0.346 e. The summed E-state index contributed by atoms with van der Waals surface area (Å²) in [6.45, 7) is 4.67. The van der Waals surface area contributed by atoms with Crippen molar-refractivity contribution in [2.24, 2.45) is 0 Å². The molecule has 1 aliphatic rings. The highest BCUT2D eigenvalue weighted by molar-refractivity contribution is 9.10. The molecular formula is C32H28BrN3O4S3. The number of hydrogen-bond acceptors (Lipinski definition) is 6. The van der Waals surface area contributed by atoms with Gasteiger partial charge in [0.15, 0.2) is 11.0 Å². The van der Waals surface area contributed by atoms with Gasteiger partial charge in [-0.15, -0.1) is 22.7 Å². The zero-order chi connectivity index (χ0) is 30.1. The first-order valence-electron chi connectivity index (χ1n) is 13.7. The normalized spacial score (nSPS) is 14.2. The van der Waals surface area contributed by atoms with Crippen molar-refractivity contribution in [2.45, 2.75) is 18.4 Å². The van der Waals surface area contributed by atoms with Crippen molar-refractivity contribution in [3.63, 3.8) is 0 Å². The van der Waals surface area contributed by atoms with Crippen LogP contribution in [0.5, 0.6) is 0 Å². The summed E-state index contributed by atoms with van der Waals surface area (Å²) in [4.78, 5) is 30.6. The summed E-state index contributed by atoms with van der Waals surface area (Å²) < 4.78 is 18.0. The number of carboxylic acid groups (broad SMARTS) is 1. The number of amides is 1. The molecule has 1 aliphatic heterocycles. The molecule has 3 heterocycles. The van der Waals surface area contributed by atoms with Gasteiger partial charge in [-0.1, -0.05) is 42.5 Å². The van der Waals surface area contributed by atoms with Crippen LogP contribution in [0.25, 0.3) is 10.1 Å². The number of carboxylic acids is 1.